The number of hydrogen-bond donors (Lipinski definition) is 1. The molecule has 0 atom stereocenters. The third-order valence-corrected chi connectivity index (χ3v) is 3.05. The first kappa shape index (κ1) is 12.0. The summed E-state index contributed by atoms with van der Waals surface area (Å²) in [6.07, 6.45) is 8.42. The van der Waals surface area contributed by atoms with Gasteiger partial charge in [-0.3, -0.25) is 0 Å². The van der Waals surface area contributed by atoms with Gasteiger partial charge in [0.2, 0.25) is 0 Å². The Kier molecular flexibility index (Phi) is 7.06. The first-order valence-electron chi connectivity index (χ1n) is 6.22. The fourth-order valence-corrected chi connectivity index (χ4v) is 2.17. The molecule has 0 amide bonds. The van der Waals surface area contributed by atoms with Gasteiger partial charge in [-0.15, -0.1) is 0 Å². The second-order valence-corrected chi connectivity index (χ2v) is 4.24. The predicted octanol–water partition coefficient (Wildman–Crippen LogP) is 2.58. The molecule has 0 saturated heterocycles. The lowest BCUT2D eigenvalue weighted by molar-refractivity contribution is 0.144. The monoisotopic (exact) mass is 199 g/mol. The summed E-state index contributed by atoms with van der Waals surface area (Å²) in [4.78, 5) is 0. The van der Waals surface area contributed by atoms with Crippen LogP contribution in [0.5, 0.6) is 0 Å². The van der Waals surface area contributed by atoms with Crippen molar-refractivity contribution in [1.82, 2.24) is 5.32 Å². The van der Waals surface area contributed by atoms with Gasteiger partial charge in [0.15, 0.2) is 0 Å². The maximum absolute atomic E-state index is 5.27. The van der Waals surface area contributed by atoms with Gasteiger partial charge >= 0.3 is 0 Å². The van der Waals surface area contributed by atoms with Crippen LogP contribution in [0.15, 0.2) is 0 Å². The van der Waals surface area contributed by atoms with E-state index in [-0.39, 0.29) is 0 Å². The third-order valence-electron chi connectivity index (χ3n) is 3.05. The van der Waals surface area contributed by atoms with Crippen molar-refractivity contribution in [2.75, 3.05) is 26.3 Å². The molecule has 0 radical (unpaired) electrons. The summed E-state index contributed by atoms with van der Waals surface area (Å²) in [5.41, 5.74) is 0. The van der Waals surface area contributed by atoms with Gasteiger partial charge < -0.3 is 10.1 Å². The van der Waals surface area contributed by atoms with Crippen molar-refractivity contribution < 1.29 is 4.74 Å². The summed E-state index contributed by atoms with van der Waals surface area (Å²) < 4.78 is 5.27. The molecule has 1 fully saturated rings. The highest BCUT2D eigenvalue weighted by Gasteiger charge is 2.13. The van der Waals surface area contributed by atoms with Crippen LogP contribution in [0.3, 0.4) is 0 Å². The maximum atomic E-state index is 5.27. The average molecular weight is 199 g/mol. The van der Waals surface area contributed by atoms with Gasteiger partial charge in [0.05, 0.1) is 0 Å². The Bertz CT molecular complexity index is 121. The van der Waals surface area contributed by atoms with Crippen molar-refractivity contribution in [2.45, 2.75) is 45.4 Å². The van der Waals surface area contributed by atoms with Gasteiger partial charge in [0.1, 0.15) is 0 Å². The average Bonchev–Trinajstić information content (AvgIpc) is 2.69. The minimum absolute atomic E-state index is 0.849. The van der Waals surface area contributed by atoms with Crippen molar-refractivity contribution in [2.24, 2.45) is 5.92 Å². The Hall–Kier alpha value is -0.0800. The van der Waals surface area contributed by atoms with Gasteiger partial charge in [0, 0.05) is 13.2 Å². The van der Waals surface area contributed by atoms with Gasteiger partial charge in [-0.2, -0.15) is 0 Å². The molecule has 0 aliphatic heterocycles. The highest BCUT2D eigenvalue weighted by atomic mass is 16.5. The molecule has 0 bridgehead atoms. The first-order chi connectivity index (χ1) is 6.93. The molecule has 1 aliphatic rings. The van der Waals surface area contributed by atoms with E-state index in [4.69, 9.17) is 4.74 Å². The van der Waals surface area contributed by atoms with E-state index in [1.807, 2.05) is 6.92 Å². The molecule has 2 nitrogen and oxygen atoms in total. The van der Waals surface area contributed by atoms with Crippen molar-refractivity contribution in [1.29, 1.82) is 0 Å². The molecular formula is C12H25NO. The molecule has 0 unspecified atom stereocenters. The lowest BCUT2D eigenvalue weighted by atomic mass is 10.0. The van der Waals surface area contributed by atoms with Crippen molar-refractivity contribution >= 4 is 0 Å². The van der Waals surface area contributed by atoms with Gasteiger partial charge in [-0.1, -0.05) is 25.7 Å². The Balaban J connectivity index is 1.75. The standard InChI is InChI=1S/C12H25NO/c1-2-14-11-5-9-13-10-8-12-6-3-4-7-12/h12-13H,2-11H2,1H3. The number of hydrogen-bond acceptors (Lipinski definition) is 2. The minimum Gasteiger partial charge on any atom is -0.382 e. The molecule has 0 aromatic heterocycles. The van der Waals surface area contributed by atoms with Crippen LogP contribution in [0.2, 0.25) is 0 Å². The Morgan fingerprint density at radius 3 is 2.71 bits per heavy atom. The Morgan fingerprint density at radius 2 is 2.00 bits per heavy atom. The second-order valence-electron chi connectivity index (χ2n) is 4.24. The van der Waals surface area contributed by atoms with E-state index in [2.05, 4.69) is 5.32 Å². The molecule has 1 rings (SSSR count). The summed E-state index contributed by atoms with van der Waals surface area (Å²) in [6, 6.07) is 0. The summed E-state index contributed by atoms with van der Waals surface area (Å²) in [5.74, 6) is 1.02. The summed E-state index contributed by atoms with van der Waals surface area (Å²) in [6.45, 7) is 6.13. The number of nitrogens with one attached hydrogen (secondary N) is 1. The quantitative estimate of drug-likeness (QED) is 0.607. The fraction of sp³-hybridized carbons (Fsp3) is 1.00. The van der Waals surface area contributed by atoms with Crippen LogP contribution in [-0.2, 0) is 4.74 Å². The predicted molar refractivity (Wildman–Crippen MR) is 60.6 cm³/mol. The minimum atomic E-state index is 0.849. The van der Waals surface area contributed by atoms with E-state index in [1.54, 1.807) is 0 Å². The molecule has 1 N–H and O–H groups in total. The van der Waals surface area contributed by atoms with Crippen LogP contribution in [-0.4, -0.2) is 26.3 Å². The van der Waals surface area contributed by atoms with Gasteiger partial charge in [-0.25, -0.2) is 0 Å². The van der Waals surface area contributed by atoms with Crippen LogP contribution in [0.1, 0.15) is 45.4 Å². The lowest BCUT2D eigenvalue weighted by Crippen LogP contribution is -2.19. The largest absolute Gasteiger partial charge is 0.382 e. The Morgan fingerprint density at radius 1 is 1.21 bits per heavy atom. The maximum Gasteiger partial charge on any atom is 0.0477 e. The van der Waals surface area contributed by atoms with Gasteiger partial charge in [-0.05, 0) is 38.8 Å². The first-order valence-corrected chi connectivity index (χ1v) is 6.22. The lowest BCUT2D eigenvalue weighted by Gasteiger charge is -2.09. The second kappa shape index (κ2) is 8.25. The molecule has 2 heteroatoms. The molecule has 0 spiro atoms. The van der Waals surface area contributed by atoms with E-state index < -0.39 is 0 Å². The van der Waals surface area contributed by atoms with Crippen LogP contribution < -0.4 is 5.32 Å². The zero-order chi connectivity index (χ0) is 10.1. The molecule has 0 aromatic carbocycles. The topological polar surface area (TPSA) is 21.3 Å². The van der Waals surface area contributed by atoms with Crippen LogP contribution in [0.4, 0.5) is 0 Å². The van der Waals surface area contributed by atoms with Crippen LogP contribution in [0.25, 0.3) is 0 Å². The van der Waals surface area contributed by atoms with Crippen molar-refractivity contribution in [3.8, 4) is 0 Å². The highest BCUT2D eigenvalue weighted by Crippen LogP contribution is 2.26. The fourth-order valence-electron chi connectivity index (χ4n) is 2.17. The number of ether oxygens (including phenoxy) is 1. The molecular weight excluding hydrogens is 174 g/mol. The smallest absolute Gasteiger partial charge is 0.0477 e. The molecule has 0 heterocycles. The zero-order valence-electron chi connectivity index (χ0n) is 9.56. The molecule has 0 aromatic rings. The summed E-state index contributed by atoms with van der Waals surface area (Å²) in [5, 5.41) is 3.49. The van der Waals surface area contributed by atoms with E-state index in [0.717, 1.165) is 32.1 Å². The molecule has 84 valence electrons. The van der Waals surface area contributed by atoms with Crippen LogP contribution in [0, 0.1) is 5.92 Å². The normalized spacial score (nSPS) is 17.8. The summed E-state index contributed by atoms with van der Waals surface area (Å²) in [7, 11) is 0. The SMILES string of the molecule is CCOCCCNCCC1CCCC1. The molecule has 1 saturated carbocycles. The van der Waals surface area contributed by atoms with E-state index in [0.29, 0.717) is 0 Å². The Labute approximate surface area is 88.4 Å². The van der Waals surface area contributed by atoms with E-state index >= 15 is 0 Å². The van der Waals surface area contributed by atoms with E-state index in [1.165, 1.54) is 38.6 Å². The highest BCUT2D eigenvalue weighted by molar-refractivity contribution is 4.67. The van der Waals surface area contributed by atoms with Crippen molar-refractivity contribution in [3.05, 3.63) is 0 Å². The van der Waals surface area contributed by atoms with Gasteiger partial charge in [0.25, 0.3) is 0 Å². The summed E-state index contributed by atoms with van der Waals surface area (Å²) >= 11 is 0. The number of rotatable bonds is 8. The van der Waals surface area contributed by atoms with Crippen LogP contribution >= 0.6 is 0 Å². The molecule has 1 aliphatic carbocycles. The molecule has 14 heavy (non-hydrogen) atoms. The zero-order valence-corrected chi connectivity index (χ0v) is 9.56. The van der Waals surface area contributed by atoms with E-state index in [9.17, 15) is 0 Å². The van der Waals surface area contributed by atoms with Crippen molar-refractivity contribution in [3.63, 3.8) is 0 Å². The third kappa shape index (κ3) is 5.61.